The first-order valence-corrected chi connectivity index (χ1v) is 9.98. The van der Waals surface area contributed by atoms with Crippen molar-refractivity contribution < 1.29 is 14.1 Å². The minimum Gasteiger partial charge on any atom is -0.368 e. The number of nitrogens with zero attached hydrogens (tertiary/aromatic N) is 7. The lowest BCUT2D eigenvalue weighted by Gasteiger charge is -2.44. The number of aromatic nitrogens is 4. The molecule has 0 spiro atoms. The van der Waals surface area contributed by atoms with E-state index in [4.69, 9.17) is 9.26 Å². The smallest absolute Gasteiger partial charge is 0.255 e. The highest BCUT2D eigenvalue weighted by atomic mass is 16.5. The van der Waals surface area contributed by atoms with E-state index in [1.807, 2.05) is 4.90 Å². The van der Waals surface area contributed by atoms with Crippen molar-refractivity contribution in [2.24, 2.45) is 0 Å². The number of aryl methyl sites for hydroxylation is 1. The molecule has 0 saturated carbocycles. The summed E-state index contributed by atoms with van der Waals surface area (Å²) >= 11 is 0. The second-order valence-corrected chi connectivity index (χ2v) is 7.53. The van der Waals surface area contributed by atoms with Crippen molar-refractivity contribution in [1.82, 2.24) is 29.9 Å². The highest BCUT2D eigenvalue weighted by Crippen LogP contribution is 2.29. The molecule has 0 aromatic carbocycles. The Morgan fingerprint density at radius 1 is 1.14 bits per heavy atom. The molecule has 4 heterocycles. The molecule has 2 aromatic heterocycles. The lowest BCUT2D eigenvalue weighted by Crippen LogP contribution is -2.59. The first-order valence-electron chi connectivity index (χ1n) is 9.98. The van der Waals surface area contributed by atoms with Gasteiger partial charge in [-0.25, -0.2) is 9.97 Å². The van der Waals surface area contributed by atoms with Crippen LogP contribution in [0.1, 0.15) is 24.6 Å². The largest absolute Gasteiger partial charge is 0.368 e. The van der Waals surface area contributed by atoms with E-state index in [0.717, 1.165) is 26.2 Å². The lowest BCUT2D eigenvalue weighted by atomic mass is 9.89. The fourth-order valence-electron chi connectivity index (χ4n) is 4.04. The number of hydrogen-bond acceptors (Lipinski definition) is 9. The van der Waals surface area contributed by atoms with Crippen LogP contribution in [0.15, 0.2) is 23.0 Å². The normalized spacial score (nSPS) is 20.1. The molecule has 2 aliphatic rings. The molecule has 2 fully saturated rings. The molecule has 2 aromatic rings. The first kappa shape index (κ1) is 19.7. The second-order valence-electron chi connectivity index (χ2n) is 7.53. The Hall–Kier alpha value is -2.59. The Morgan fingerprint density at radius 2 is 1.83 bits per heavy atom. The van der Waals surface area contributed by atoms with Gasteiger partial charge in [0.25, 0.3) is 5.91 Å². The summed E-state index contributed by atoms with van der Waals surface area (Å²) in [5.74, 6) is 2.05. The molecule has 0 aliphatic carbocycles. The van der Waals surface area contributed by atoms with Gasteiger partial charge < -0.3 is 19.1 Å². The van der Waals surface area contributed by atoms with Gasteiger partial charge in [0.1, 0.15) is 5.60 Å². The van der Waals surface area contributed by atoms with Gasteiger partial charge in [0.2, 0.25) is 11.8 Å². The van der Waals surface area contributed by atoms with Crippen LogP contribution in [0.2, 0.25) is 0 Å². The van der Waals surface area contributed by atoms with Crippen LogP contribution in [0.5, 0.6) is 0 Å². The summed E-state index contributed by atoms with van der Waals surface area (Å²) in [5, 5.41) is 3.96. The molecule has 10 nitrogen and oxygen atoms in total. The number of anilines is 1. The van der Waals surface area contributed by atoms with Gasteiger partial charge in [-0.1, -0.05) is 5.16 Å². The summed E-state index contributed by atoms with van der Waals surface area (Å²) < 4.78 is 10.8. The molecular weight excluding hydrogens is 374 g/mol. The van der Waals surface area contributed by atoms with Crippen molar-refractivity contribution in [3.05, 3.63) is 30.2 Å². The molecule has 10 heteroatoms. The standard InChI is InChI=1S/C19H27N7O3/c1-15-22-16(23-29-15)14-24-8-4-19(28-2,5-9-24)17(27)25-10-12-26(13-11-25)18-20-6-3-7-21-18/h3,6-7H,4-5,8-14H2,1-2H3. The van der Waals surface area contributed by atoms with Crippen LogP contribution in [-0.2, 0) is 16.1 Å². The van der Waals surface area contributed by atoms with Crippen LogP contribution < -0.4 is 4.90 Å². The second kappa shape index (κ2) is 8.42. The predicted octanol–water partition coefficient (Wildman–Crippen LogP) is 0.498. The summed E-state index contributed by atoms with van der Waals surface area (Å²) in [6.07, 6.45) is 4.79. The van der Waals surface area contributed by atoms with E-state index in [9.17, 15) is 4.79 Å². The number of hydrogen-bond donors (Lipinski definition) is 0. The molecule has 0 atom stereocenters. The van der Waals surface area contributed by atoms with Gasteiger partial charge in [0.15, 0.2) is 5.82 Å². The van der Waals surface area contributed by atoms with Crippen molar-refractivity contribution in [1.29, 1.82) is 0 Å². The molecule has 1 amide bonds. The maximum Gasteiger partial charge on any atom is 0.255 e. The summed E-state index contributed by atoms with van der Waals surface area (Å²) in [7, 11) is 1.64. The molecule has 2 saturated heterocycles. The molecule has 2 aliphatic heterocycles. The van der Waals surface area contributed by atoms with Gasteiger partial charge in [-0.2, -0.15) is 4.98 Å². The number of likely N-dealkylation sites (tertiary alicyclic amines) is 1. The zero-order valence-corrected chi connectivity index (χ0v) is 17.0. The van der Waals surface area contributed by atoms with Crippen molar-refractivity contribution in [3.63, 3.8) is 0 Å². The highest BCUT2D eigenvalue weighted by molar-refractivity contribution is 5.85. The van der Waals surface area contributed by atoms with Crippen LogP contribution in [0.3, 0.4) is 0 Å². The van der Waals surface area contributed by atoms with Crippen LogP contribution in [0, 0.1) is 6.92 Å². The third-order valence-corrected chi connectivity index (χ3v) is 5.78. The summed E-state index contributed by atoms with van der Waals surface area (Å²) in [6.45, 7) is 6.65. The summed E-state index contributed by atoms with van der Waals surface area (Å²) in [6, 6.07) is 1.80. The number of amides is 1. The summed E-state index contributed by atoms with van der Waals surface area (Å²) in [5.41, 5.74) is -0.755. The van der Waals surface area contributed by atoms with Gasteiger partial charge in [-0.05, 0) is 18.9 Å². The minimum absolute atomic E-state index is 0.0867. The maximum atomic E-state index is 13.3. The molecule has 0 bridgehead atoms. The molecule has 29 heavy (non-hydrogen) atoms. The number of piperidine rings is 1. The van der Waals surface area contributed by atoms with Crippen molar-refractivity contribution in [2.75, 3.05) is 51.3 Å². The average molecular weight is 401 g/mol. The van der Waals surface area contributed by atoms with Crippen LogP contribution in [-0.4, -0.2) is 87.8 Å². The zero-order chi connectivity index (χ0) is 20.3. The van der Waals surface area contributed by atoms with Crippen LogP contribution in [0.25, 0.3) is 0 Å². The van der Waals surface area contributed by atoms with Gasteiger partial charge in [-0.3, -0.25) is 9.69 Å². The van der Waals surface area contributed by atoms with E-state index in [1.165, 1.54) is 0 Å². The predicted molar refractivity (Wildman–Crippen MR) is 104 cm³/mol. The maximum absolute atomic E-state index is 13.3. The number of carbonyl (C=O) groups is 1. The fourth-order valence-corrected chi connectivity index (χ4v) is 4.04. The Labute approximate surface area is 169 Å². The van der Waals surface area contributed by atoms with E-state index in [2.05, 4.69) is 29.9 Å². The van der Waals surface area contributed by atoms with E-state index in [1.54, 1.807) is 32.5 Å². The fraction of sp³-hybridized carbons (Fsp3) is 0.632. The molecule has 0 radical (unpaired) electrons. The minimum atomic E-state index is -0.755. The Bertz CT molecular complexity index is 812. The monoisotopic (exact) mass is 401 g/mol. The number of methoxy groups -OCH3 is 1. The molecular formula is C19H27N7O3. The quantitative estimate of drug-likeness (QED) is 0.709. The highest BCUT2D eigenvalue weighted by Gasteiger charge is 2.44. The first-order chi connectivity index (χ1) is 14.1. The van der Waals surface area contributed by atoms with E-state index in [0.29, 0.717) is 50.1 Å². The molecule has 4 rings (SSSR count). The molecule has 0 unspecified atom stereocenters. The number of carbonyl (C=O) groups excluding carboxylic acids is 1. The zero-order valence-electron chi connectivity index (χ0n) is 17.0. The van der Waals surface area contributed by atoms with Gasteiger partial charge in [0.05, 0.1) is 6.54 Å². The van der Waals surface area contributed by atoms with E-state index in [-0.39, 0.29) is 5.91 Å². The van der Waals surface area contributed by atoms with E-state index >= 15 is 0 Å². The van der Waals surface area contributed by atoms with E-state index < -0.39 is 5.60 Å². The van der Waals surface area contributed by atoms with Gasteiger partial charge >= 0.3 is 0 Å². The Morgan fingerprint density at radius 3 is 2.41 bits per heavy atom. The molecule has 156 valence electrons. The molecule has 0 N–H and O–H groups in total. The van der Waals surface area contributed by atoms with Crippen molar-refractivity contribution in [3.8, 4) is 0 Å². The third-order valence-electron chi connectivity index (χ3n) is 5.78. The number of piperazine rings is 1. The van der Waals surface area contributed by atoms with Gasteiger partial charge in [0, 0.05) is 65.7 Å². The number of ether oxygens (including phenoxy) is 1. The van der Waals surface area contributed by atoms with Crippen LogP contribution >= 0.6 is 0 Å². The Kier molecular flexibility index (Phi) is 5.72. The topological polar surface area (TPSA) is 101 Å². The summed E-state index contributed by atoms with van der Waals surface area (Å²) in [4.78, 5) is 32.4. The van der Waals surface area contributed by atoms with Crippen molar-refractivity contribution >= 4 is 11.9 Å². The Balaban J connectivity index is 1.33. The lowest BCUT2D eigenvalue weighted by molar-refractivity contribution is -0.161. The SMILES string of the molecule is COC1(C(=O)N2CCN(c3ncccn3)CC2)CCN(Cc2noc(C)n2)CC1. The van der Waals surface area contributed by atoms with Crippen LogP contribution in [0.4, 0.5) is 5.95 Å². The van der Waals surface area contributed by atoms with Gasteiger partial charge in [-0.15, -0.1) is 0 Å². The average Bonchev–Trinajstić information content (AvgIpc) is 3.19. The number of rotatable bonds is 5. The third kappa shape index (κ3) is 4.23. The van der Waals surface area contributed by atoms with Crippen molar-refractivity contribution in [2.45, 2.75) is 31.9 Å².